The quantitative estimate of drug-likeness (QED) is 0.822. The van der Waals surface area contributed by atoms with Crippen molar-refractivity contribution in [3.63, 3.8) is 0 Å². The molecule has 0 spiro atoms. The minimum Gasteiger partial charge on any atom is -0.396 e. The molecule has 2 nitrogen and oxygen atoms in total. The van der Waals surface area contributed by atoms with E-state index in [9.17, 15) is 5.26 Å². The van der Waals surface area contributed by atoms with Gasteiger partial charge in [-0.05, 0) is 74.0 Å². The van der Waals surface area contributed by atoms with E-state index in [1.807, 2.05) is 0 Å². The van der Waals surface area contributed by atoms with Gasteiger partial charge >= 0.3 is 0 Å². The lowest BCUT2D eigenvalue weighted by Gasteiger charge is -2.51. The fraction of sp³-hybridized carbons (Fsp3) is 0.941. The molecule has 0 bridgehead atoms. The lowest BCUT2D eigenvalue weighted by Crippen LogP contribution is -2.43. The van der Waals surface area contributed by atoms with Gasteiger partial charge in [0.2, 0.25) is 0 Å². The fourth-order valence-electron chi connectivity index (χ4n) is 5.73. The highest BCUT2D eigenvalue weighted by Gasteiger charge is 2.54. The van der Waals surface area contributed by atoms with Gasteiger partial charge in [0, 0.05) is 6.61 Å². The van der Waals surface area contributed by atoms with Crippen molar-refractivity contribution < 1.29 is 5.11 Å². The predicted molar refractivity (Wildman–Crippen MR) is 75.2 cm³/mol. The first-order chi connectivity index (χ1) is 9.19. The molecule has 3 rings (SSSR count). The molecular formula is C17H27NO. The average Bonchev–Trinajstić information content (AvgIpc) is 2.76. The van der Waals surface area contributed by atoms with Gasteiger partial charge in [0.05, 0.1) is 12.0 Å². The summed E-state index contributed by atoms with van der Waals surface area (Å²) in [6.07, 6.45) is 10.0. The van der Waals surface area contributed by atoms with Crippen molar-refractivity contribution in [1.82, 2.24) is 0 Å². The summed E-state index contributed by atoms with van der Waals surface area (Å²) in [7, 11) is 0. The zero-order valence-electron chi connectivity index (χ0n) is 12.1. The Balaban J connectivity index is 1.73. The molecule has 0 saturated heterocycles. The van der Waals surface area contributed by atoms with Crippen molar-refractivity contribution >= 4 is 0 Å². The van der Waals surface area contributed by atoms with E-state index < -0.39 is 0 Å². The lowest BCUT2D eigenvalue weighted by molar-refractivity contribution is -0.0135. The van der Waals surface area contributed by atoms with Crippen molar-refractivity contribution in [3.8, 4) is 6.07 Å². The highest BCUT2D eigenvalue weighted by molar-refractivity contribution is 5.09. The number of rotatable bonds is 2. The Morgan fingerprint density at radius 2 is 2.05 bits per heavy atom. The van der Waals surface area contributed by atoms with E-state index in [2.05, 4.69) is 13.0 Å². The average molecular weight is 261 g/mol. The molecule has 3 aliphatic carbocycles. The molecule has 19 heavy (non-hydrogen) atoms. The molecule has 3 aliphatic rings. The third-order valence-corrected chi connectivity index (χ3v) is 6.82. The first-order valence-electron chi connectivity index (χ1n) is 8.19. The molecule has 6 atom stereocenters. The normalized spacial score (nSPS) is 49.2. The first-order valence-corrected chi connectivity index (χ1v) is 8.19. The van der Waals surface area contributed by atoms with E-state index in [0.29, 0.717) is 17.9 Å². The van der Waals surface area contributed by atoms with Crippen LogP contribution in [0.4, 0.5) is 0 Å². The third kappa shape index (κ3) is 2.11. The molecule has 0 aliphatic heterocycles. The van der Waals surface area contributed by atoms with E-state index in [1.54, 1.807) is 0 Å². The van der Waals surface area contributed by atoms with Gasteiger partial charge in [0.15, 0.2) is 0 Å². The standard InChI is InChI=1S/C17H27NO/c1-17-8-6-13-10-12(7-9-19)2-4-15(13)16(17)5-3-14(17)11-18/h12-16,19H,2-10H2,1H3/t12-,13?,14+,15?,16?,17+/m0/s1. The van der Waals surface area contributed by atoms with Crippen LogP contribution in [0, 0.1) is 46.3 Å². The smallest absolute Gasteiger partial charge is 0.0661 e. The van der Waals surface area contributed by atoms with Crippen LogP contribution >= 0.6 is 0 Å². The Hall–Kier alpha value is -0.550. The maximum absolute atomic E-state index is 9.40. The molecule has 0 aromatic heterocycles. The van der Waals surface area contributed by atoms with Gasteiger partial charge in [-0.3, -0.25) is 0 Å². The van der Waals surface area contributed by atoms with Crippen molar-refractivity contribution in [1.29, 1.82) is 5.26 Å². The second-order valence-electron chi connectivity index (χ2n) is 7.53. The molecule has 0 radical (unpaired) electrons. The van der Waals surface area contributed by atoms with Crippen LogP contribution in [0.3, 0.4) is 0 Å². The molecular weight excluding hydrogens is 234 g/mol. The largest absolute Gasteiger partial charge is 0.396 e. The molecule has 0 amide bonds. The summed E-state index contributed by atoms with van der Waals surface area (Å²) in [5.41, 5.74) is 0.319. The van der Waals surface area contributed by atoms with Gasteiger partial charge < -0.3 is 5.11 Å². The topological polar surface area (TPSA) is 44.0 Å². The summed E-state index contributed by atoms with van der Waals surface area (Å²) in [5.74, 6) is 3.66. The van der Waals surface area contributed by atoms with Gasteiger partial charge in [-0.1, -0.05) is 13.3 Å². The minimum absolute atomic E-state index is 0.314. The summed E-state index contributed by atoms with van der Waals surface area (Å²) in [5, 5.41) is 18.5. The van der Waals surface area contributed by atoms with Gasteiger partial charge in [0.1, 0.15) is 0 Å². The second kappa shape index (κ2) is 5.09. The van der Waals surface area contributed by atoms with Crippen molar-refractivity contribution in [2.75, 3.05) is 6.61 Å². The van der Waals surface area contributed by atoms with Crippen LogP contribution in [-0.4, -0.2) is 11.7 Å². The van der Waals surface area contributed by atoms with Crippen molar-refractivity contribution in [3.05, 3.63) is 0 Å². The molecule has 1 N–H and O–H groups in total. The van der Waals surface area contributed by atoms with E-state index in [-0.39, 0.29) is 0 Å². The summed E-state index contributed by atoms with van der Waals surface area (Å²) in [6, 6.07) is 2.60. The number of aliphatic hydroxyl groups is 1. The highest BCUT2D eigenvalue weighted by Crippen LogP contribution is 2.61. The van der Waals surface area contributed by atoms with E-state index >= 15 is 0 Å². The number of nitriles is 1. The summed E-state index contributed by atoms with van der Waals surface area (Å²) < 4.78 is 0. The lowest BCUT2D eigenvalue weighted by atomic mass is 9.54. The van der Waals surface area contributed by atoms with Crippen LogP contribution in [0.15, 0.2) is 0 Å². The van der Waals surface area contributed by atoms with Gasteiger partial charge in [-0.2, -0.15) is 5.26 Å². The summed E-state index contributed by atoms with van der Waals surface area (Å²) >= 11 is 0. The number of aliphatic hydroxyl groups excluding tert-OH is 1. The Morgan fingerprint density at radius 3 is 2.79 bits per heavy atom. The highest BCUT2D eigenvalue weighted by atomic mass is 16.3. The van der Waals surface area contributed by atoms with Crippen LogP contribution in [0.1, 0.15) is 58.3 Å². The Bertz CT molecular complexity index is 374. The van der Waals surface area contributed by atoms with Gasteiger partial charge in [0.25, 0.3) is 0 Å². The SMILES string of the molecule is C[C@]12CCC3C[C@H](CCO)CCC3C1CC[C@@H]2C#N. The van der Waals surface area contributed by atoms with Gasteiger partial charge in [-0.25, -0.2) is 0 Å². The molecule has 3 fully saturated rings. The van der Waals surface area contributed by atoms with Crippen LogP contribution in [-0.2, 0) is 0 Å². The molecule has 0 aromatic rings. The molecule has 0 heterocycles. The molecule has 3 unspecified atom stereocenters. The minimum atomic E-state index is 0.314. The Morgan fingerprint density at radius 1 is 1.21 bits per heavy atom. The third-order valence-electron chi connectivity index (χ3n) is 6.82. The predicted octanol–water partition coefficient (Wildman–Crippen LogP) is 3.75. The number of nitrogens with zero attached hydrogens (tertiary/aromatic N) is 1. The molecule has 2 heteroatoms. The number of hydrogen-bond donors (Lipinski definition) is 1. The molecule has 106 valence electrons. The molecule has 3 saturated carbocycles. The Labute approximate surface area is 117 Å². The monoisotopic (exact) mass is 261 g/mol. The summed E-state index contributed by atoms with van der Waals surface area (Å²) in [4.78, 5) is 0. The maximum atomic E-state index is 9.40. The van der Waals surface area contributed by atoms with Crippen LogP contribution < -0.4 is 0 Å². The fourth-order valence-corrected chi connectivity index (χ4v) is 5.73. The van der Waals surface area contributed by atoms with Crippen LogP contribution in [0.25, 0.3) is 0 Å². The van der Waals surface area contributed by atoms with Crippen LogP contribution in [0.5, 0.6) is 0 Å². The van der Waals surface area contributed by atoms with E-state index in [4.69, 9.17) is 5.11 Å². The van der Waals surface area contributed by atoms with E-state index in [1.165, 1.54) is 38.5 Å². The molecule has 0 aromatic carbocycles. The number of fused-ring (bicyclic) bond motifs is 3. The van der Waals surface area contributed by atoms with Crippen molar-refractivity contribution in [2.45, 2.75) is 58.3 Å². The summed E-state index contributed by atoms with van der Waals surface area (Å²) in [6.45, 7) is 2.76. The second-order valence-corrected chi connectivity index (χ2v) is 7.53. The first kappa shape index (κ1) is 13.4. The van der Waals surface area contributed by atoms with E-state index in [0.717, 1.165) is 36.5 Å². The zero-order valence-corrected chi connectivity index (χ0v) is 12.1. The Kier molecular flexibility index (Phi) is 3.60. The van der Waals surface area contributed by atoms with Crippen molar-refractivity contribution in [2.24, 2.45) is 35.0 Å². The van der Waals surface area contributed by atoms with Crippen LogP contribution in [0.2, 0.25) is 0 Å². The number of hydrogen-bond acceptors (Lipinski definition) is 2. The van der Waals surface area contributed by atoms with Gasteiger partial charge in [-0.15, -0.1) is 0 Å². The maximum Gasteiger partial charge on any atom is 0.0661 e. The zero-order chi connectivity index (χ0) is 13.5.